The van der Waals surface area contributed by atoms with E-state index in [4.69, 9.17) is 4.74 Å². The summed E-state index contributed by atoms with van der Waals surface area (Å²) >= 11 is 0. The van der Waals surface area contributed by atoms with Crippen LogP contribution in [0, 0.1) is 5.82 Å². The van der Waals surface area contributed by atoms with E-state index in [2.05, 4.69) is 18.8 Å². The van der Waals surface area contributed by atoms with Crippen LogP contribution in [0.25, 0.3) is 0 Å². The molecule has 0 bridgehead atoms. The molecule has 0 spiro atoms. The minimum absolute atomic E-state index is 0.117. The molecule has 0 aliphatic carbocycles. The fourth-order valence-electron chi connectivity index (χ4n) is 1.46. The van der Waals surface area contributed by atoms with Crippen molar-refractivity contribution in [2.24, 2.45) is 0 Å². The van der Waals surface area contributed by atoms with Crippen LogP contribution < -0.4 is 10.1 Å². The van der Waals surface area contributed by atoms with Gasteiger partial charge in [0.2, 0.25) is 0 Å². The molecule has 1 rings (SSSR count). The van der Waals surface area contributed by atoms with Gasteiger partial charge < -0.3 is 10.1 Å². The zero-order chi connectivity index (χ0) is 12.7. The van der Waals surface area contributed by atoms with Crippen LogP contribution in [-0.4, -0.2) is 12.6 Å². The van der Waals surface area contributed by atoms with Gasteiger partial charge >= 0.3 is 0 Å². The molecule has 2 nitrogen and oxygen atoms in total. The third kappa shape index (κ3) is 5.00. The van der Waals surface area contributed by atoms with Crippen molar-refractivity contribution in [3.05, 3.63) is 42.2 Å². The number of rotatable bonds is 7. The number of nitrogens with one attached hydrogen (secondary N) is 1. The Morgan fingerprint density at radius 3 is 2.88 bits per heavy atom. The average molecular weight is 237 g/mol. The minimum Gasteiger partial charge on any atom is -0.487 e. The minimum atomic E-state index is -0.271. The molecule has 0 saturated heterocycles. The Bertz CT molecular complexity index is 365. The quantitative estimate of drug-likeness (QED) is 0.580. The van der Waals surface area contributed by atoms with Gasteiger partial charge in [0.15, 0.2) is 0 Å². The molecule has 0 heterocycles. The van der Waals surface area contributed by atoms with Gasteiger partial charge in [-0.1, -0.05) is 19.6 Å². The van der Waals surface area contributed by atoms with Crippen molar-refractivity contribution in [3.8, 4) is 5.75 Å². The summed E-state index contributed by atoms with van der Waals surface area (Å²) in [5, 5.41) is 3.23. The molecular weight excluding hydrogens is 217 g/mol. The molecule has 1 atom stereocenters. The molecule has 1 N–H and O–H groups in total. The van der Waals surface area contributed by atoms with Gasteiger partial charge in [-0.25, -0.2) is 4.39 Å². The molecule has 0 amide bonds. The second kappa shape index (κ2) is 7.07. The van der Waals surface area contributed by atoms with Crippen LogP contribution in [0.15, 0.2) is 30.9 Å². The molecule has 3 heteroatoms. The Kier molecular flexibility index (Phi) is 5.70. The lowest BCUT2D eigenvalue weighted by molar-refractivity contribution is 0.268. The van der Waals surface area contributed by atoms with Crippen molar-refractivity contribution in [1.82, 2.24) is 5.32 Å². The zero-order valence-electron chi connectivity index (χ0n) is 10.5. The van der Waals surface area contributed by atoms with Gasteiger partial charge in [-0.15, -0.1) is 0 Å². The van der Waals surface area contributed by atoms with Crippen LogP contribution >= 0.6 is 0 Å². The molecule has 0 aliphatic rings. The van der Waals surface area contributed by atoms with Crippen LogP contribution in [-0.2, 0) is 6.54 Å². The number of benzene rings is 1. The molecule has 0 aromatic heterocycles. The standard InChI is InChI=1S/C14H20FNO/c1-4-6-16-10-12-7-13(15)9-14(8-12)17-11(3)5-2/h5,7-9,11,16H,2,4,6,10H2,1,3H3. The van der Waals surface area contributed by atoms with Crippen molar-refractivity contribution >= 4 is 0 Å². The van der Waals surface area contributed by atoms with Crippen molar-refractivity contribution in [1.29, 1.82) is 0 Å². The first-order valence-electron chi connectivity index (χ1n) is 5.95. The van der Waals surface area contributed by atoms with Crippen LogP contribution in [0.5, 0.6) is 5.75 Å². The molecule has 0 aliphatic heterocycles. The summed E-state index contributed by atoms with van der Waals surface area (Å²) in [5.74, 6) is 0.276. The summed E-state index contributed by atoms with van der Waals surface area (Å²) in [4.78, 5) is 0. The van der Waals surface area contributed by atoms with Crippen molar-refractivity contribution in [3.63, 3.8) is 0 Å². The highest BCUT2D eigenvalue weighted by molar-refractivity contribution is 5.30. The Balaban J connectivity index is 2.68. The maximum atomic E-state index is 13.4. The maximum Gasteiger partial charge on any atom is 0.127 e. The Morgan fingerprint density at radius 2 is 2.24 bits per heavy atom. The molecule has 1 aromatic carbocycles. The van der Waals surface area contributed by atoms with Crippen LogP contribution in [0.1, 0.15) is 25.8 Å². The summed E-state index contributed by atoms with van der Waals surface area (Å²) in [6.07, 6.45) is 2.62. The Morgan fingerprint density at radius 1 is 1.47 bits per heavy atom. The Labute approximate surface area is 102 Å². The van der Waals surface area contributed by atoms with Gasteiger partial charge in [0, 0.05) is 12.6 Å². The van der Waals surface area contributed by atoms with Gasteiger partial charge in [-0.05, 0) is 37.6 Å². The molecule has 1 unspecified atom stereocenters. The van der Waals surface area contributed by atoms with Crippen molar-refractivity contribution < 1.29 is 9.13 Å². The third-order valence-electron chi connectivity index (χ3n) is 2.34. The van der Waals surface area contributed by atoms with E-state index in [0.717, 1.165) is 18.5 Å². The molecule has 94 valence electrons. The maximum absolute atomic E-state index is 13.4. The normalized spacial score (nSPS) is 12.2. The van der Waals surface area contributed by atoms with Crippen molar-refractivity contribution in [2.45, 2.75) is 32.9 Å². The van der Waals surface area contributed by atoms with Gasteiger partial charge in [0.1, 0.15) is 17.7 Å². The lowest BCUT2D eigenvalue weighted by Gasteiger charge is -2.12. The first-order chi connectivity index (χ1) is 8.15. The second-order valence-electron chi connectivity index (χ2n) is 4.03. The highest BCUT2D eigenvalue weighted by Crippen LogP contribution is 2.18. The monoisotopic (exact) mass is 237 g/mol. The van der Waals surface area contributed by atoms with Gasteiger partial charge in [0.05, 0.1) is 0 Å². The lowest BCUT2D eigenvalue weighted by atomic mass is 10.2. The van der Waals surface area contributed by atoms with Gasteiger partial charge in [0.25, 0.3) is 0 Å². The zero-order valence-corrected chi connectivity index (χ0v) is 10.5. The Hall–Kier alpha value is -1.35. The summed E-state index contributed by atoms with van der Waals surface area (Å²) in [6, 6.07) is 4.77. The highest BCUT2D eigenvalue weighted by atomic mass is 19.1. The number of hydrogen-bond donors (Lipinski definition) is 1. The number of halogens is 1. The smallest absolute Gasteiger partial charge is 0.127 e. The third-order valence-corrected chi connectivity index (χ3v) is 2.34. The molecule has 0 fully saturated rings. The van der Waals surface area contributed by atoms with E-state index in [-0.39, 0.29) is 11.9 Å². The van der Waals surface area contributed by atoms with E-state index in [9.17, 15) is 4.39 Å². The molecule has 0 saturated carbocycles. The first-order valence-corrected chi connectivity index (χ1v) is 5.95. The summed E-state index contributed by atoms with van der Waals surface area (Å²) < 4.78 is 18.9. The molecule has 0 radical (unpaired) electrons. The van der Waals surface area contributed by atoms with E-state index < -0.39 is 0 Å². The fraction of sp³-hybridized carbons (Fsp3) is 0.429. The topological polar surface area (TPSA) is 21.3 Å². The SMILES string of the molecule is C=CC(C)Oc1cc(F)cc(CNCCC)c1. The average Bonchev–Trinajstić information content (AvgIpc) is 2.28. The summed E-state index contributed by atoms with van der Waals surface area (Å²) in [6.45, 7) is 9.18. The van der Waals surface area contributed by atoms with Crippen LogP contribution in [0.3, 0.4) is 0 Å². The molecule has 1 aromatic rings. The summed E-state index contributed by atoms with van der Waals surface area (Å²) in [5.41, 5.74) is 0.893. The lowest BCUT2D eigenvalue weighted by Crippen LogP contribution is -2.14. The predicted molar refractivity (Wildman–Crippen MR) is 68.7 cm³/mol. The van der Waals surface area contributed by atoms with Gasteiger partial charge in [-0.2, -0.15) is 0 Å². The molecular formula is C14H20FNO. The number of hydrogen-bond acceptors (Lipinski definition) is 2. The van der Waals surface area contributed by atoms with Crippen molar-refractivity contribution in [2.75, 3.05) is 6.54 Å². The predicted octanol–water partition coefficient (Wildman–Crippen LogP) is 3.28. The van der Waals surface area contributed by atoms with Crippen LogP contribution in [0.4, 0.5) is 4.39 Å². The van der Waals surface area contributed by atoms with E-state index in [0.29, 0.717) is 12.3 Å². The van der Waals surface area contributed by atoms with E-state index >= 15 is 0 Å². The summed E-state index contributed by atoms with van der Waals surface area (Å²) in [7, 11) is 0. The molecule has 17 heavy (non-hydrogen) atoms. The first kappa shape index (κ1) is 13.7. The van der Waals surface area contributed by atoms with Gasteiger partial charge in [-0.3, -0.25) is 0 Å². The second-order valence-corrected chi connectivity index (χ2v) is 4.03. The largest absolute Gasteiger partial charge is 0.487 e. The highest BCUT2D eigenvalue weighted by Gasteiger charge is 2.04. The van der Waals surface area contributed by atoms with E-state index in [1.54, 1.807) is 6.08 Å². The number of ether oxygens (including phenoxy) is 1. The fourth-order valence-corrected chi connectivity index (χ4v) is 1.46. The van der Waals surface area contributed by atoms with E-state index in [1.807, 2.05) is 13.0 Å². The van der Waals surface area contributed by atoms with Crippen LogP contribution in [0.2, 0.25) is 0 Å². The van der Waals surface area contributed by atoms with E-state index in [1.165, 1.54) is 12.1 Å².